The molecule has 0 saturated carbocycles. The van der Waals surface area contributed by atoms with Crippen molar-refractivity contribution in [2.45, 2.75) is 19.1 Å². The van der Waals surface area contributed by atoms with Crippen LogP contribution in [-0.4, -0.2) is 22.4 Å². The number of fused-ring (bicyclic) bond motifs is 1. The van der Waals surface area contributed by atoms with Gasteiger partial charge in [0.05, 0.1) is 23.6 Å². The lowest BCUT2D eigenvalue weighted by atomic mass is 10.0. The first-order chi connectivity index (χ1) is 13.9. The van der Waals surface area contributed by atoms with Crippen LogP contribution in [0.15, 0.2) is 60.9 Å². The number of nitrogens with one attached hydrogen (secondary N) is 1. The molecule has 2 heterocycles. The molecule has 5 nitrogen and oxygen atoms in total. The van der Waals surface area contributed by atoms with Crippen molar-refractivity contribution in [2.24, 2.45) is 0 Å². The van der Waals surface area contributed by atoms with E-state index in [1.54, 1.807) is 0 Å². The second kappa shape index (κ2) is 7.54. The number of carbonyl (C=O) groups excluding carboxylic acids is 1. The Morgan fingerprint density at radius 3 is 2.41 bits per heavy atom. The maximum atomic E-state index is 13.1. The number of hydrogen-bond donors (Lipinski definition) is 1. The molecule has 1 aliphatic heterocycles. The van der Waals surface area contributed by atoms with Gasteiger partial charge in [0.2, 0.25) is 0 Å². The van der Waals surface area contributed by atoms with E-state index in [1.165, 1.54) is 41.7 Å². The molecule has 0 saturated heterocycles. The number of hydrogen-bond acceptors (Lipinski definition) is 4. The lowest BCUT2D eigenvalue weighted by Gasteiger charge is -2.29. The molecule has 3 aromatic rings. The minimum Gasteiger partial charge on any atom is -0.351 e. The highest BCUT2D eigenvalue weighted by Gasteiger charge is 2.33. The van der Waals surface area contributed by atoms with E-state index < -0.39 is 17.6 Å². The average molecular weight is 398 g/mol. The van der Waals surface area contributed by atoms with E-state index in [9.17, 15) is 18.0 Å². The maximum Gasteiger partial charge on any atom is 0.418 e. The monoisotopic (exact) mass is 398 g/mol. The average Bonchev–Trinajstić information content (AvgIpc) is 2.73. The van der Waals surface area contributed by atoms with E-state index in [4.69, 9.17) is 0 Å². The highest BCUT2D eigenvalue weighted by atomic mass is 19.4. The van der Waals surface area contributed by atoms with Gasteiger partial charge in [-0.15, -0.1) is 0 Å². The van der Waals surface area contributed by atoms with Crippen LogP contribution in [0.25, 0.3) is 0 Å². The Hall–Kier alpha value is -3.42. The molecule has 29 heavy (non-hydrogen) atoms. The minimum absolute atomic E-state index is 0.0527. The van der Waals surface area contributed by atoms with Crippen LogP contribution in [-0.2, 0) is 19.1 Å². The minimum atomic E-state index is -4.57. The second-order valence-corrected chi connectivity index (χ2v) is 6.70. The van der Waals surface area contributed by atoms with Crippen LogP contribution < -0.4 is 10.2 Å². The van der Waals surface area contributed by atoms with Crippen molar-refractivity contribution >= 4 is 17.4 Å². The predicted octanol–water partition coefficient (Wildman–Crippen LogP) is 4.31. The molecule has 0 unspecified atom stereocenters. The summed E-state index contributed by atoms with van der Waals surface area (Å²) >= 11 is 0. The van der Waals surface area contributed by atoms with Crippen LogP contribution in [0.4, 0.5) is 24.7 Å². The first-order valence-corrected chi connectivity index (χ1v) is 9.03. The summed E-state index contributed by atoms with van der Waals surface area (Å²) < 4.78 is 39.2. The topological polar surface area (TPSA) is 58.1 Å². The second-order valence-electron chi connectivity index (χ2n) is 6.70. The zero-order valence-electron chi connectivity index (χ0n) is 15.3. The van der Waals surface area contributed by atoms with E-state index in [0.29, 0.717) is 12.4 Å². The molecular formula is C21H17F3N4O. The Bertz CT molecular complexity index is 1030. The number of benzene rings is 2. The van der Waals surface area contributed by atoms with Gasteiger partial charge in [-0.25, -0.2) is 9.97 Å². The number of amides is 1. The maximum absolute atomic E-state index is 13.1. The fourth-order valence-corrected chi connectivity index (χ4v) is 3.32. The smallest absolute Gasteiger partial charge is 0.351 e. The third kappa shape index (κ3) is 4.06. The lowest BCUT2D eigenvalue weighted by molar-refractivity contribution is -0.136. The molecule has 1 amide bonds. The number of para-hydroxylation sites is 1. The molecule has 0 fully saturated rings. The highest BCUT2D eigenvalue weighted by molar-refractivity contribution is 6.03. The van der Waals surface area contributed by atoms with Gasteiger partial charge in [0.1, 0.15) is 11.5 Å². The largest absolute Gasteiger partial charge is 0.418 e. The fourth-order valence-electron chi connectivity index (χ4n) is 3.32. The summed E-state index contributed by atoms with van der Waals surface area (Å²) in [5, 5.41) is 2.27. The lowest BCUT2D eigenvalue weighted by Crippen LogP contribution is -2.31. The van der Waals surface area contributed by atoms with Crippen molar-refractivity contribution in [3.63, 3.8) is 0 Å². The molecule has 4 rings (SSSR count). The summed E-state index contributed by atoms with van der Waals surface area (Å²) in [6.07, 6.45) is -0.932. The zero-order chi connectivity index (χ0) is 20.4. The standard InChI is InChI=1S/C21H17F3N4O/c22-21(23,24)16-7-3-4-8-17(16)27-20(29)18-11-26-19(12-25-18)28-10-9-14-5-1-2-6-15(14)13-28/h1-8,11-12H,9-10,13H2,(H,27,29). The third-order valence-corrected chi connectivity index (χ3v) is 4.81. The van der Waals surface area contributed by atoms with Gasteiger partial charge in [0, 0.05) is 13.1 Å². The number of rotatable bonds is 3. The molecule has 1 N–H and O–H groups in total. The van der Waals surface area contributed by atoms with E-state index in [0.717, 1.165) is 19.0 Å². The molecule has 0 aliphatic carbocycles. The van der Waals surface area contributed by atoms with Crippen LogP contribution >= 0.6 is 0 Å². The SMILES string of the molecule is O=C(Nc1ccccc1C(F)(F)F)c1cnc(N2CCc3ccccc3C2)cn1. The Labute approximate surface area is 165 Å². The summed E-state index contributed by atoms with van der Waals surface area (Å²) in [6.45, 7) is 1.46. The van der Waals surface area contributed by atoms with Gasteiger partial charge in [0.15, 0.2) is 0 Å². The van der Waals surface area contributed by atoms with Crippen molar-refractivity contribution in [1.29, 1.82) is 0 Å². The third-order valence-electron chi connectivity index (χ3n) is 4.81. The van der Waals surface area contributed by atoms with Gasteiger partial charge < -0.3 is 10.2 Å². The molecule has 0 bridgehead atoms. The van der Waals surface area contributed by atoms with Crippen molar-refractivity contribution in [3.05, 3.63) is 83.3 Å². The zero-order valence-corrected chi connectivity index (χ0v) is 15.3. The van der Waals surface area contributed by atoms with Gasteiger partial charge in [-0.3, -0.25) is 4.79 Å². The van der Waals surface area contributed by atoms with E-state index in [-0.39, 0.29) is 11.4 Å². The van der Waals surface area contributed by atoms with Crippen LogP contribution in [0.1, 0.15) is 27.2 Å². The molecule has 1 aliphatic rings. The van der Waals surface area contributed by atoms with E-state index >= 15 is 0 Å². The predicted molar refractivity (Wildman–Crippen MR) is 103 cm³/mol. The van der Waals surface area contributed by atoms with Crippen LogP contribution in [0.3, 0.4) is 0 Å². The Kier molecular flexibility index (Phi) is 4.92. The number of anilines is 2. The summed E-state index contributed by atoms with van der Waals surface area (Å²) in [7, 11) is 0. The first-order valence-electron chi connectivity index (χ1n) is 9.03. The van der Waals surface area contributed by atoms with Crippen LogP contribution in [0.5, 0.6) is 0 Å². The fraction of sp³-hybridized carbons (Fsp3) is 0.190. The Balaban J connectivity index is 1.48. The molecule has 0 spiro atoms. The summed E-state index contributed by atoms with van der Waals surface area (Å²) in [5.41, 5.74) is 1.23. The van der Waals surface area contributed by atoms with Crippen molar-refractivity contribution < 1.29 is 18.0 Å². The number of carbonyl (C=O) groups is 1. The Morgan fingerprint density at radius 2 is 1.69 bits per heavy atom. The normalized spacial score (nSPS) is 13.7. The highest BCUT2D eigenvalue weighted by Crippen LogP contribution is 2.34. The van der Waals surface area contributed by atoms with Gasteiger partial charge in [-0.2, -0.15) is 13.2 Å². The van der Waals surface area contributed by atoms with Gasteiger partial charge >= 0.3 is 6.18 Å². The number of halogens is 3. The summed E-state index contributed by atoms with van der Waals surface area (Å²) in [4.78, 5) is 22.8. The molecule has 0 atom stereocenters. The molecule has 148 valence electrons. The molecule has 0 radical (unpaired) electrons. The number of nitrogens with zero attached hydrogens (tertiary/aromatic N) is 3. The molecule has 2 aromatic carbocycles. The van der Waals surface area contributed by atoms with E-state index in [2.05, 4.69) is 32.3 Å². The summed E-state index contributed by atoms with van der Waals surface area (Å²) in [6, 6.07) is 13.0. The summed E-state index contributed by atoms with van der Waals surface area (Å²) in [5.74, 6) is -0.128. The quantitative estimate of drug-likeness (QED) is 0.714. The van der Waals surface area contributed by atoms with Gasteiger partial charge in [-0.1, -0.05) is 36.4 Å². The van der Waals surface area contributed by atoms with Crippen molar-refractivity contribution in [2.75, 3.05) is 16.8 Å². The van der Waals surface area contributed by atoms with Crippen molar-refractivity contribution in [3.8, 4) is 0 Å². The van der Waals surface area contributed by atoms with Gasteiger partial charge in [0.25, 0.3) is 5.91 Å². The van der Waals surface area contributed by atoms with Crippen LogP contribution in [0.2, 0.25) is 0 Å². The first kappa shape index (κ1) is 18.9. The van der Waals surface area contributed by atoms with E-state index in [1.807, 2.05) is 12.1 Å². The van der Waals surface area contributed by atoms with Crippen LogP contribution in [0, 0.1) is 0 Å². The Morgan fingerprint density at radius 1 is 0.966 bits per heavy atom. The number of alkyl halides is 3. The van der Waals surface area contributed by atoms with Crippen molar-refractivity contribution in [1.82, 2.24) is 9.97 Å². The van der Waals surface area contributed by atoms with Gasteiger partial charge in [-0.05, 0) is 29.7 Å². The molecule has 8 heteroatoms. The number of aromatic nitrogens is 2. The molecule has 1 aromatic heterocycles. The molecular weight excluding hydrogens is 381 g/mol.